The minimum Gasteiger partial charge on any atom is -0.496 e. The molecular weight excluding hydrogens is 723 g/mol. The van der Waals surface area contributed by atoms with Crippen molar-refractivity contribution >= 4 is 48.2 Å². The van der Waals surface area contributed by atoms with E-state index in [0.717, 1.165) is 22.2 Å². The highest BCUT2D eigenvalue weighted by atomic mass is 79.9. The monoisotopic (exact) mass is 760 g/mol. The van der Waals surface area contributed by atoms with E-state index in [2.05, 4.69) is 43.0 Å². The van der Waals surface area contributed by atoms with Crippen LogP contribution in [-0.4, -0.2) is 55.8 Å². The molecule has 1 aromatic heterocycles. The molecule has 1 aliphatic rings. The van der Waals surface area contributed by atoms with Crippen molar-refractivity contribution in [3.05, 3.63) is 125 Å². The van der Waals surface area contributed by atoms with Crippen LogP contribution in [0.15, 0.2) is 113 Å². The van der Waals surface area contributed by atoms with Crippen LogP contribution < -0.4 is 14.8 Å². The Morgan fingerprint density at radius 1 is 1.04 bits per heavy atom. The molecule has 260 valence electrons. The summed E-state index contributed by atoms with van der Waals surface area (Å²) < 4.78 is 59.0. The SMILES string of the molecule is CCC(N(C)CCS(=O)(=O)c1ccccc1)C1(c2cc3c(Nc4ccc(OCc5cccc(F)c5)c(Br)c4)ncnc3cc2OC)CC=CO1. The summed E-state index contributed by atoms with van der Waals surface area (Å²) in [5.74, 6) is 1.45. The Morgan fingerprint density at radius 3 is 2.56 bits per heavy atom. The third-order valence-electron chi connectivity index (χ3n) is 8.96. The van der Waals surface area contributed by atoms with E-state index in [9.17, 15) is 12.8 Å². The summed E-state index contributed by atoms with van der Waals surface area (Å²) in [6.45, 7) is 2.60. The quantitative estimate of drug-likeness (QED) is 0.120. The first-order chi connectivity index (χ1) is 24.1. The van der Waals surface area contributed by atoms with Crippen molar-refractivity contribution in [2.45, 2.75) is 42.9 Å². The number of rotatable bonds is 14. The minimum absolute atomic E-state index is 0.0333. The predicted octanol–water partition coefficient (Wildman–Crippen LogP) is 8.18. The van der Waals surface area contributed by atoms with E-state index in [1.54, 1.807) is 49.8 Å². The van der Waals surface area contributed by atoms with E-state index in [1.807, 2.05) is 49.5 Å². The Balaban J connectivity index is 1.28. The van der Waals surface area contributed by atoms with Gasteiger partial charge in [-0.25, -0.2) is 22.8 Å². The van der Waals surface area contributed by atoms with Gasteiger partial charge in [0.1, 0.15) is 36.1 Å². The van der Waals surface area contributed by atoms with Gasteiger partial charge in [0.2, 0.25) is 0 Å². The summed E-state index contributed by atoms with van der Waals surface area (Å²) in [5, 5.41) is 4.18. The van der Waals surface area contributed by atoms with Gasteiger partial charge in [0.25, 0.3) is 0 Å². The zero-order valence-electron chi connectivity index (χ0n) is 28.0. The molecule has 4 aromatic carbocycles. The zero-order chi connectivity index (χ0) is 35.3. The maximum atomic E-state index is 13.6. The van der Waals surface area contributed by atoms with Crippen LogP contribution in [0.3, 0.4) is 0 Å². The number of halogens is 2. The first kappa shape index (κ1) is 35.3. The van der Waals surface area contributed by atoms with Gasteiger partial charge in [-0.2, -0.15) is 0 Å². The summed E-state index contributed by atoms with van der Waals surface area (Å²) in [6.07, 6.45) is 6.43. The minimum atomic E-state index is -3.48. The fourth-order valence-corrected chi connectivity index (χ4v) is 8.30. The molecule has 9 nitrogen and oxygen atoms in total. The van der Waals surface area contributed by atoms with Crippen LogP contribution in [0.25, 0.3) is 10.9 Å². The van der Waals surface area contributed by atoms with E-state index in [4.69, 9.17) is 14.2 Å². The molecule has 0 saturated heterocycles. The van der Waals surface area contributed by atoms with Crippen molar-refractivity contribution in [2.24, 2.45) is 0 Å². The number of nitrogens with zero attached hydrogens (tertiary/aromatic N) is 3. The van der Waals surface area contributed by atoms with Gasteiger partial charge in [-0.15, -0.1) is 0 Å². The summed E-state index contributed by atoms with van der Waals surface area (Å²) in [5.41, 5.74) is 2.10. The van der Waals surface area contributed by atoms with Gasteiger partial charge >= 0.3 is 0 Å². The molecule has 12 heteroatoms. The van der Waals surface area contributed by atoms with Crippen molar-refractivity contribution in [3.8, 4) is 11.5 Å². The van der Waals surface area contributed by atoms with Gasteiger partial charge in [0.15, 0.2) is 15.4 Å². The number of sulfone groups is 1. The highest BCUT2D eigenvalue weighted by molar-refractivity contribution is 9.10. The highest BCUT2D eigenvalue weighted by Crippen LogP contribution is 2.47. The maximum Gasteiger partial charge on any atom is 0.179 e. The molecule has 6 rings (SSSR count). The summed E-state index contributed by atoms with van der Waals surface area (Å²) in [7, 11) is 0.0762. The molecule has 50 heavy (non-hydrogen) atoms. The number of fused-ring (bicyclic) bond motifs is 1. The second-order valence-corrected chi connectivity index (χ2v) is 15.1. The molecule has 2 atom stereocenters. The molecule has 0 bridgehead atoms. The Bertz CT molecular complexity index is 2110. The first-order valence-electron chi connectivity index (χ1n) is 16.2. The van der Waals surface area contributed by atoms with E-state index < -0.39 is 15.4 Å². The van der Waals surface area contributed by atoms with Crippen molar-refractivity contribution in [1.82, 2.24) is 14.9 Å². The number of anilines is 2. The zero-order valence-corrected chi connectivity index (χ0v) is 30.4. The van der Waals surface area contributed by atoms with Crippen LogP contribution in [0.5, 0.6) is 11.5 Å². The maximum absolute atomic E-state index is 13.6. The van der Waals surface area contributed by atoms with Gasteiger partial charge < -0.3 is 19.5 Å². The lowest BCUT2D eigenvalue weighted by Crippen LogP contribution is -2.50. The second-order valence-electron chi connectivity index (χ2n) is 12.1. The molecule has 1 aliphatic heterocycles. The number of methoxy groups -OCH3 is 1. The standard InChI is InChI=1S/C38H38BrFN4O5S/c1-4-36(44(2)17-19-50(45,46)29-12-6-5-7-13-29)38(16-9-18-49-38)31-22-30-33(23-35(31)47-3)41-25-42-37(30)43-28-14-15-34(32(39)21-28)48-24-26-10-8-11-27(40)20-26/h5-15,18,20-23,25,36H,4,16-17,19,24H2,1-3H3,(H,41,42,43). The number of hydrogen-bond donors (Lipinski definition) is 1. The molecule has 5 aromatic rings. The average Bonchev–Trinajstić information content (AvgIpc) is 3.61. The fourth-order valence-electron chi connectivity index (χ4n) is 6.47. The largest absolute Gasteiger partial charge is 0.496 e. The first-order valence-corrected chi connectivity index (χ1v) is 18.7. The number of nitrogens with one attached hydrogen (secondary N) is 1. The van der Waals surface area contributed by atoms with Gasteiger partial charge in [0.05, 0.1) is 40.1 Å². The molecule has 0 aliphatic carbocycles. The Morgan fingerprint density at radius 2 is 1.86 bits per heavy atom. The summed E-state index contributed by atoms with van der Waals surface area (Å²) in [6, 6.07) is 24.1. The van der Waals surface area contributed by atoms with E-state index >= 15 is 0 Å². The molecule has 0 spiro atoms. The van der Waals surface area contributed by atoms with E-state index in [-0.39, 0.29) is 24.2 Å². The molecule has 2 heterocycles. The smallest absolute Gasteiger partial charge is 0.179 e. The van der Waals surface area contributed by atoms with Crippen molar-refractivity contribution in [3.63, 3.8) is 0 Å². The van der Waals surface area contributed by atoms with Crippen LogP contribution in [0.2, 0.25) is 0 Å². The molecule has 1 N–H and O–H groups in total. The summed E-state index contributed by atoms with van der Waals surface area (Å²) in [4.78, 5) is 11.5. The van der Waals surface area contributed by atoms with Crippen molar-refractivity contribution in [1.29, 1.82) is 0 Å². The molecule has 0 fully saturated rings. The topological polar surface area (TPSA) is 103 Å². The Hall–Kier alpha value is -4.52. The highest BCUT2D eigenvalue weighted by Gasteiger charge is 2.47. The van der Waals surface area contributed by atoms with Crippen LogP contribution in [-0.2, 0) is 26.8 Å². The number of aromatic nitrogens is 2. The van der Waals surface area contributed by atoms with E-state index in [0.29, 0.717) is 51.6 Å². The summed E-state index contributed by atoms with van der Waals surface area (Å²) >= 11 is 3.60. The normalized spacial score (nSPS) is 16.4. The van der Waals surface area contributed by atoms with E-state index in [1.165, 1.54) is 18.5 Å². The number of benzene rings is 4. The number of hydrogen-bond acceptors (Lipinski definition) is 9. The second kappa shape index (κ2) is 15.2. The van der Waals surface area contributed by atoms with Gasteiger partial charge in [-0.3, -0.25) is 4.90 Å². The lowest BCUT2D eigenvalue weighted by atomic mass is 9.80. The van der Waals surface area contributed by atoms with Crippen LogP contribution in [0, 0.1) is 5.82 Å². The molecule has 2 unspecified atom stereocenters. The lowest BCUT2D eigenvalue weighted by Gasteiger charge is -2.42. The van der Waals surface area contributed by atoms with Gasteiger partial charge in [-0.05, 0) is 89.6 Å². The third kappa shape index (κ3) is 7.47. The van der Waals surface area contributed by atoms with Crippen molar-refractivity contribution in [2.75, 3.05) is 31.8 Å². The van der Waals surface area contributed by atoms with Crippen LogP contribution >= 0.6 is 15.9 Å². The lowest BCUT2D eigenvalue weighted by molar-refractivity contribution is -0.0411. The molecule has 0 radical (unpaired) electrons. The predicted molar refractivity (Wildman–Crippen MR) is 196 cm³/mol. The third-order valence-corrected chi connectivity index (χ3v) is 11.3. The molecule has 0 amide bonds. The van der Waals surface area contributed by atoms with Gasteiger partial charge in [-0.1, -0.05) is 37.3 Å². The number of likely N-dealkylation sites (N-methyl/N-ethyl adjacent to an activating group) is 1. The average molecular weight is 762 g/mol. The fraction of sp³-hybridized carbons (Fsp3) is 0.263. The van der Waals surface area contributed by atoms with Crippen LogP contribution in [0.4, 0.5) is 15.9 Å². The van der Waals surface area contributed by atoms with Crippen LogP contribution in [0.1, 0.15) is 30.9 Å². The Kier molecular flexibility index (Phi) is 10.7. The Labute approximate surface area is 300 Å². The molecular formula is C38H38BrFN4O5S. The van der Waals surface area contributed by atoms with Crippen molar-refractivity contribution < 1.29 is 27.0 Å². The molecule has 0 saturated carbocycles. The number of ether oxygens (including phenoxy) is 3. The van der Waals surface area contributed by atoms with Gasteiger partial charge in [0, 0.05) is 35.7 Å².